The Kier molecular flexibility index (Phi) is 4.73. The van der Waals surface area contributed by atoms with Crippen LogP contribution in [0, 0.1) is 6.92 Å². The number of aryl methyl sites for hydroxylation is 1. The van der Waals surface area contributed by atoms with E-state index in [0.717, 1.165) is 15.8 Å². The second-order valence-corrected chi connectivity index (χ2v) is 6.80. The molecule has 6 heteroatoms. The zero-order valence-electron chi connectivity index (χ0n) is 12.3. The number of anilines is 3. The molecular formula is C17H14BrN3OS. The highest BCUT2D eigenvalue weighted by Crippen LogP contribution is 2.26. The summed E-state index contributed by atoms with van der Waals surface area (Å²) in [4.78, 5) is 17.5. The van der Waals surface area contributed by atoms with Gasteiger partial charge in [-0.15, -0.1) is 0 Å². The Labute approximate surface area is 146 Å². The quantitative estimate of drug-likeness (QED) is 0.645. The van der Waals surface area contributed by atoms with Crippen LogP contribution in [-0.4, -0.2) is 10.9 Å². The van der Waals surface area contributed by atoms with Gasteiger partial charge in [0.15, 0.2) is 5.13 Å². The van der Waals surface area contributed by atoms with Crippen LogP contribution in [0.1, 0.15) is 15.4 Å². The lowest BCUT2D eigenvalue weighted by Crippen LogP contribution is -2.11. The summed E-state index contributed by atoms with van der Waals surface area (Å²) in [5, 5.41) is 6.81. The third-order valence-corrected chi connectivity index (χ3v) is 4.68. The predicted molar refractivity (Wildman–Crippen MR) is 98.7 cm³/mol. The van der Waals surface area contributed by atoms with Crippen LogP contribution in [0.25, 0.3) is 0 Å². The molecule has 4 nitrogen and oxygen atoms in total. The predicted octanol–water partition coefficient (Wildman–Crippen LogP) is 5.21. The van der Waals surface area contributed by atoms with Crippen molar-refractivity contribution >= 4 is 49.7 Å². The van der Waals surface area contributed by atoms with Crippen LogP contribution in [0.15, 0.2) is 59.1 Å². The monoisotopic (exact) mass is 387 g/mol. The van der Waals surface area contributed by atoms with Crippen LogP contribution in [-0.2, 0) is 0 Å². The van der Waals surface area contributed by atoms with Gasteiger partial charge in [-0.2, -0.15) is 0 Å². The Morgan fingerprint density at radius 3 is 2.57 bits per heavy atom. The summed E-state index contributed by atoms with van der Waals surface area (Å²) in [7, 11) is 0. The molecular weight excluding hydrogens is 374 g/mol. The molecule has 0 saturated heterocycles. The van der Waals surface area contributed by atoms with E-state index in [1.54, 1.807) is 0 Å². The van der Waals surface area contributed by atoms with Crippen LogP contribution in [0.2, 0.25) is 0 Å². The summed E-state index contributed by atoms with van der Waals surface area (Å²) in [6, 6.07) is 17.3. The molecule has 0 aliphatic carbocycles. The Morgan fingerprint density at radius 2 is 1.83 bits per heavy atom. The number of carbonyl (C=O) groups excluding carboxylic acids is 1. The maximum Gasteiger partial charge on any atom is 0.267 e. The molecule has 0 aliphatic rings. The number of nitrogens with one attached hydrogen (secondary N) is 2. The van der Waals surface area contributed by atoms with Crippen molar-refractivity contribution in [1.29, 1.82) is 0 Å². The van der Waals surface area contributed by atoms with Crippen LogP contribution < -0.4 is 10.6 Å². The minimum absolute atomic E-state index is 0.154. The lowest BCUT2D eigenvalue weighted by atomic mass is 10.3. The van der Waals surface area contributed by atoms with E-state index < -0.39 is 0 Å². The molecule has 2 N–H and O–H groups in total. The lowest BCUT2D eigenvalue weighted by molar-refractivity contribution is 0.103. The van der Waals surface area contributed by atoms with Crippen LogP contribution in [0.5, 0.6) is 0 Å². The molecule has 116 valence electrons. The number of carbonyl (C=O) groups is 1. The molecule has 1 aromatic heterocycles. The standard InChI is InChI=1S/C17H14BrN3OS/c1-11-15(16(22)20-14-9-5-6-12(18)10-14)23-17(19-11)21-13-7-3-2-4-8-13/h2-10H,1H3,(H,19,21)(H,20,22). The van der Waals surface area contributed by atoms with Gasteiger partial charge in [0.05, 0.1) is 5.69 Å². The first-order valence-corrected chi connectivity index (χ1v) is 8.59. The number of rotatable bonds is 4. The lowest BCUT2D eigenvalue weighted by Gasteiger charge is -2.04. The van der Waals surface area contributed by atoms with Gasteiger partial charge in [0.25, 0.3) is 5.91 Å². The molecule has 0 atom stereocenters. The topological polar surface area (TPSA) is 54.0 Å². The summed E-state index contributed by atoms with van der Waals surface area (Å²) in [5.74, 6) is -0.154. The number of hydrogen-bond donors (Lipinski definition) is 2. The SMILES string of the molecule is Cc1nc(Nc2ccccc2)sc1C(=O)Nc1cccc(Br)c1. The molecule has 1 heterocycles. The van der Waals surface area contributed by atoms with E-state index in [1.165, 1.54) is 11.3 Å². The van der Waals surface area contributed by atoms with Gasteiger partial charge in [-0.3, -0.25) is 4.79 Å². The zero-order valence-corrected chi connectivity index (χ0v) is 14.7. The first-order valence-electron chi connectivity index (χ1n) is 6.98. The van der Waals surface area contributed by atoms with Crippen molar-refractivity contribution in [2.75, 3.05) is 10.6 Å². The molecule has 0 saturated carbocycles. The third-order valence-electron chi connectivity index (χ3n) is 3.11. The zero-order chi connectivity index (χ0) is 16.2. The molecule has 3 aromatic rings. The number of nitrogens with zero attached hydrogens (tertiary/aromatic N) is 1. The van der Waals surface area contributed by atoms with Crippen molar-refractivity contribution in [1.82, 2.24) is 4.98 Å². The minimum Gasteiger partial charge on any atom is -0.332 e. The highest BCUT2D eigenvalue weighted by Gasteiger charge is 2.15. The smallest absolute Gasteiger partial charge is 0.267 e. The van der Waals surface area contributed by atoms with E-state index in [9.17, 15) is 4.79 Å². The van der Waals surface area contributed by atoms with Gasteiger partial charge < -0.3 is 10.6 Å². The first kappa shape index (κ1) is 15.7. The van der Waals surface area contributed by atoms with Crippen molar-refractivity contribution in [3.63, 3.8) is 0 Å². The summed E-state index contributed by atoms with van der Waals surface area (Å²) < 4.78 is 0.919. The van der Waals surface area contributed by atoms with E-state index in [2.05, 4.69) is 31.5 Å². The molecule has 0 fully saturated rings. The second-order valence-electron chi connectivity index (χ2n) is 4.89. The molecule has 23 heavy (non-hydrogen) atoms. The second kappa shape index (κ2) is 6.93. The van der Waals surface area contributed by atoms with Gasteiger partial charge in [-0.25, -0.2) is 4.98 Å². The van der Waals surface area contributed by atoms with Crippen molar-refractivity contribution in [3.05, 3.63) is 69.6 Å². The van der Waals surface area contributed by atoms with Crippen LogP contribution >= 0.6 is 27.3 Å². The Balaban J connectivity index is 1.76. The van der Waals surface area contributed by atoms with E-state index >= 15 is 0 Å². The Hall–Kier alpha value is -2.18. The first-order chi connectivity index (χ1) is 11.1. The molecule has 0 unspecified atom stereocenters. The number of halogens is 1. The van der Waals surface area contributed by atoms with Crippen molar-refractivity contribution in [3.8, 4) is 0 Å². The van der Waals surface area contributed by atoms with E-state index in [-0.39, 0.29) is 5.91 Å². The average Bonchev–Trinajstić information content (AvgIpc) is 2.89. The number of para-hydroxylation sites is 1. The van der Waals surface area contributed by atoms with Crippen molar-refractivity contribution in [2.45, 2.75) is 6.92 Å². The highest BCUT2D eigenvalue weighted by molar-refractivity contribution is 9.10. The Morgan fingerprint density at radius 1 is 1.09 bits per heavy atom. The molecule has 1 amide bonds. The van der Waals surface area contributed by atoms with Gasteiger partial charge in [0.2, 0.25) is 0 Å². The van der Waals surface area contributed by atoms with E-state index in [1.807, 2.05) is 61.5 Å². The fourth-order valence-electron chi connectivity index (χ4n) is 2.06. The third kappa shape index (κ3) is 3.97. The van der Waals surface area contributed by atoms with Gasteiger partial charge in [-0.1, -0.05) is 51.5 Å². The molecule has 0 aliphatic heterocycles. The van der Waals surface area contributed by atoms with Crippen LogP contribution in [0.4, 0.5) is 16.5 Å². The normalized spacial score (nSPS) is 10.3. The molecule has 2 aromatic carbocycles. The fourth-order valence-corrected chi connectivity index (χ4v) is 3.34. The van der Waals surface area contributed by atoms with E-state index in [0.29, 0.717) is 15.7 Å². The molecule has 0 spiro atoms. The molecule has 3 rings (SSSR count). The summed E-state index contributed by atoms with van der Waals surface area (Å²) in [6.45, 7) is 1.84. The average molecular weight is 388 g/mol. The van der Waals surface area contributed by atoms with E-state index in [4.69, 9.17) is 0 Å². The summed E-state index contributed by atoms with van der Waals surface area (Å²) >= 11 is 4.73. The number of benzene rings is 2. The Bertz CT molecular complexity index is 833. The number of thiazole rings is 1. The van der Waals surface area contributed by atoms with Crippen molar-refractivity contribution < 1.29 is 4.79 Å². The summed E-state index contributed by atoms with van der Waals surface area (Å²) in [6.07, 6.45) is 0. The van der Waals surface area contributed by atoms with Gasteiger partial charge in [-0.05, 0) is 37.3 Å². The van der Waals surface area contributed by atoms with Crippen LogP contribution in [0.3, 0.4) is 0 Å². The van der Waals surface area contributed by atoms with Gasteiger partial charge >= 0.3 is 0 Å². The van der Waals surface area contributed by atoms with Crippen molar-refractivity contribution in [2.24, 2.45) is 0 Å². The van der Waals surface area contributed by atoms with Gasteiger partial charge in [0, 0.05) is 15.8 Å². The maximum absolute atomic E-state index is 12.4. The number of amides is 1. The molecule has 0 bridgehead atoms. The van der Waals surface area contributed by atoms with Gasteiger partial charge in [0.1, 0.15) is 4.88 Å². The minimum atomic E-state index is -0.154. The number of hydrogen-bond acceptors (Lipinski definition) is 4. The molecule has 0 radical (unpaired) electrons. The number of aromatic nitrogens is 1. The highest BCUT2D eigenvalue weighted by atomic mass is 79.9. The summed E-state index contributed by atoms with van der Waals surface area (Å²) in [5.41, 5.74) is 2.40. The largest absolute Gasteiger partial charge is 0.332 e. The maximum atomic E-state index is 12.4. The fraction of sp³-hybridized carbons (Fsp3) is 0.0588.